The molecule has 56 valence electrons. The topological polar surface area (TPSA) is 34.0 Å². The molecule has 1 rings (SSSR count). The molecule has 0 amide bonds. The molecule has 0 aliphatic heterocycles. The van der Waals surface area contributed by atoms with Gasteiger partial charge < -0.3 is 9.88 Å². The lowest BCUT2D eigenvalue weighted by atomic mass is 9.98. The molecule has 0 saturated heterocycles. The molecule has 4 heteroatoms. The fraction of sp³-hybridized carbons (Fsp3) is 0.286. The molecule has 2 radical (unpaired) electrons. The summed E-state index contributed by atoms with van der Waals surface area (Å²) >= 11 is 0. The van der Waals surface area contributed by atoms with Crippen molar-refractivity contribution in [3.8, 4) is 0 Å². The van der Waals surface area contributed by atoms with Gasteiger partial charge in [0.05, 0.1) is 5.69 Å². The van der Waals surface area contributed by atoms with Crippen molar-refractivity contribution in [1.29, 1.82) is 0 Å². The van der Waals surface area contributed by atoms with Gasteiger partial charge in [0.1, 0.15) is 7.85 Å². The van der Waals surface area contributed by atoms with E-state index in [9.17, 15) is 4.79 Å². The first-order valence-corrected chi connectivity index (χ1v) is 3.29. The van der Waals surface area contributed by atoms with Crippen LogP contribution >= 0.6 is 0 Å². The quantitative estimate of drug-likeness (QED) is 0.530. The Morgan fingerprint density at radius 2 is 2.27 bits per heavy atom. The van der Waals surface area contributed by atoms with Gasteiger partial charge in [0.15, 0.2) is 0 Å². The fourth-order valence-corrected chi connectivity index (χ4v) is 0.917. The van der Waals surface area contributed by atoms with Gasteiger partial charge in [0.2, 0.25) is 0 Å². The Balaban J connectivity index is 3.37. The molecule has 3 nitrogen and oxygen atoms in total. The van der Waals surface area contributed by atoms with Gasteiger partial charge in [-0.05, 0) is 12.3 Å². The summed E-state index contributed by atoms with van der Waals surface area (Å²) in [5.74, 6) is 0. The van der Waals surface area contributed by atoms with Crippen LogP contribution in [-0.2, 0) is 7.05 Å². The number of nitrogens with one attached hydrogen (secondary N) is 1. The fourth-order valence-electron chi connectivity index (χ4n) is 0.917. The van der Waals surface area contributed by atoms with Crippen molar-refractivity contribution in [2.45, 2.75) is 0 Å². The van der Waals surface area contributed by atoms with E-state index in [2.05, 4.69) is 5.32 Å². The highest BCUT2D eigenvalue weighted by Crippen LogP contribution is 1.91. The molecule has 1 N–H and O–H groups in total. The minimum absolute atomic E-state index is 0.0679. The van der Waals surface area contributed by atoms with Crippen LogP contribution in [0.3, 0.4) is 0 Å². The molecule has 0 bridgehead atoms. The molecular formula is C7H9BN2O. The Labute approximate surface area is 66.5 Å². The molecular weight excluding hydrogens is 139 g/mol. The maximum Gasteiger partial charge on any atom is 0.273 e. The number of anilines is 1. The van der Waals surface area contributed by atoms with Crippen LogP contribution in [0.1, 0.15) is 0 Å². The van der Waals surface area contributed by atoms with E-state index in [4.69, 9.17) is 7.85 Å². The van der Waals surface area contributed by atoms with E-state index in [1.807, 2.05) is 0 Å². The Bertz CT molecular complexity index is 319. The highest BCUT2D eigenvalue weighted by atomic mass is 16.1. The van der Waals surface area contributed by atoms with Gasteiger partial charge in [-0.15, -0.1) is 0 Å². The van der Waals surface area contributed by atoms with Crippen molar-refractivity contribution in [1.82, 2.24) is 4.57 Å². The van der Waals surface area contributed by atoms with Crippen molar-refractivity contribution < 1.29 is 0 Å². The van der Waals surface area contributed by atoms with Crippen LogP contribution in [0.5, 0.6) is 0 Å². The average Bonchev–Trinajstić information content (AvgIpc) is 1.96. The second kappa shape index (κ2) is 2.82. The molecule has 0 unspecified atom stereocenters. The van der Waals surface area contributed by atoms with Crippen LogP contribution in [0.2, 0.25) is 0 Å². The second-order valence-electron chi connectivity index (χ2n) is 2.35. The van der Waals surface area contributed by atoms with Crippen LogP contribution in [0.25, 0.3) is 0 Å². The van der Waals surface area contributed by atoms with Gasteiger partial charge >= 0.3 is 0 Å². The molecule has 0 saturated carbocycles. The zero-order valence-electron chi connectivity index (χ0n) is 6.59. The Morgan fingerprint density at radius 1 is 1.64 bits per heavy atom. The third-order valence-electron chi connectivity index (χ3n) is 1.47. The van der Waals surface area contributed by atoms with Gasteiger partial charge in [-0.2, -0.15) is 0 Å². The Hall–Kier alpha value is -1.19. The molecule has 0 aromatic carbocycles. The first-order valence-electron chi connectivity index (χ1n) is 3.29. The third-order valence-corrected chi connectivity index (χ3v) is 1.47. The minimum Gasteiger partial charge on any atom is -0.384 e. The highest BCUT2D eigenvalue weighted by Gasteiger charge is 1.97. The van der Waals surface area contributed by atoms with Gasteiger partial charge in [-0.1, -0.05) is 5.46 Å². The first kappa shape index (κ1) is 7.92. The van der Waals surface area contributed by atoms with Crippen LogP contribution in [0.4, 0.5) is 5.69 Å². The minimum atomic E-state index is -0.0679. The molecule has 0 atom stereocenters. The maximum absolute atomic E-state index is 11.2. The lowest BCUT2D eigenvalue weighted by molar-refractivity contribution is 0.868. The molecule has 1 aromatic rings. The Morgan fingerprint density at radius 3 is 2.82 bits per heavy atom. The summed E-state index contributed by atoms with van der Waals surface area (Å²) in [6, 6.07) is 1.61. The van der Waals surface area contributed by atoms with Crippen molar-refractivity contribution in [3.05, 3.63) is 22.6 Å². The number of hydrogen-bond acceptors (Lipinski definition) is 2. The standard InChI is InChI=1S/C7H9BN2O/c1-9-6-3-5(8)4-10(2)7(6)11/h3-4,9H,1-2H3. The van der Waals surface area contributed by atoms with Crippen molar-refractivity contribution >= 4 is 19.0 Å². The highest BCUT2D eigenvalue weighted by molar-refractivity contribution is 6.32. The number of aromatic nitrogens is 1. The van der Waals surface area contributed by atoms with Gasteiger partial charge in [0.25, 0.3) is 5.56 Å². The number of hydrogen-bond donors (Lipinski definition) is 1. The summed E-state index contributed by atoms with van der Waals surface area (Å²) in [7, 11) is 8.86. The van der Waals surface area contributed by atoms with E-state index >= 15 is 0 Å². The third kappa shape index (κ3) is 1.45. The van der Waals surface area contributed by atoms with Crippen LogP contribution in [0.15, 0.2) is 17.1 Å². The monoisotopic (exact) mass is 148 g/mol. The molecule has 0 aliphatic carbocycles. The van der Waals surface area contributed by atoms with Crippen LogP contribution in [0, 0.1) is 0 Å². The number of aryl methyl sites for hydroxylation is 1. The van der Waals surface area contributed by atoms with Gasteiger partial charge in [0, 0.05) is 14.1 Å². The van der Waals surface area contributed by atoms with E-state index in [-0.39, 0.29) is 5.56 Å². The van der Waals surface area contributed by atoms with Crippen molar-refractivity contribution in [2.24, 2.45) is 7.05 Å². The number of rotatable bonds is 1. The van der Waals surface area contributed by atoms with Crippen LogP contribution < -0.4 is 16.3 Å². The zero-order chi connectivity index (χ0) is 8.43. The van der Waals surface area contributed by atoms with Gasteiger partial charge in [-0.3, -0.25) is 4.79 Å². The first-order chi connectivity index (χ1) is 5.15. The molecule has 11 heavy (non-hydrogen) atoms. The number of pyridine rings is 1. The summed E-state index contributed by atoms with van der Waals surface area (Å²) in [5.41, 5.74) is 1.03. The van der Waals surface area contributed by atoms with Crippen molar-refractivity contribution in [2.75, 3.05) is 12.4 Å². The van der Waals surface area contributed by atoms with E-state index < -0.39 is 0 Å². The summed E-state index contributed by atoms with van der Waals surface area (Å²) in [6.45, 7) is 0. The second-order valence-corrected chi connectivity index (χ2v) is 2.35. The number of nitrogens with zero attached hydrogens (tertiary/aromatic N) is 1. The molecule has 0 fully saturated rings. The maximum atomic E-state index is 11.2. The smallest absolute Gasteiger partial charge is 0.273 e. The summed E-state index contributed by atoms with van der Waals surface area (Å²) in [5, 5.41) is 2.76. The Kier molecular flexibility index (Phi) is 2.03. The normalized spacial score (nSPS) is 9.64. The SMILES string of the molecule is [B]c1cc(NC)c(=O)n(C)c1. The lowest BCUT2D eigenvalue weighted by Crippen LogP contribution is -2.24. The molecule has 1 heterocycles. The summed E-state index contributed by atoms with van der Waals surface area (Å²) in [4.78, 5) is 11.2. The van der Waals surface area contributed by atoms with Crippen LogP contribution in [-0.4, -0.2) is 19.5 Å². The zero-order valence-corrected chi connectivity index (χ0v) is 6.59. The van der Waals surface area contributed by atoms with Crippen molar-refractivity contribution in [3.63, 3.8) is 0 Å². The average molecular weight is 148 g/mol. The van der Waals surface area contributed by atoms with Gasteiger partial charge in [-0.25, -0.2) is 0 Å². The van der Waals surface area contributed by atoms with E-state index in [1.165, 1.54) is 4.57 Å². The molecule has 1 aromatic heterocycles. The van der Waals surface area contributed by atoms with E-state index in [1.54, 1.807) is 26.4 Å². The largest absolute Gasteiger partial charge is 0.384 e. The summed E-state index contributed by atoms with van der Waals surface area (Å²) in [6.07, 6.45) is 1.59. The molecule has 0 aliphatic rings. The predicted octanol–water partition coefficient (Wildman–Crippen LogP) is -0.779. The molecule has 0 spiro atoms. The lowest BCUT2D eigenvalue weighted by Gasteiger charge is -2.03. The predicted molar refractivity (Wildman–Crippen MR) is 46.6 cm³/mol. The van der Waals surface area contributed by atoms with E-state index in [0.717, 1.165) is 0 Å². The van der Waals surface area contributed by atoms with E-state index in [0.29, 0.717) is 11.2 Å². The summed E-state index contributed by atoms with van der Waals surface area (Å²) < 4.78 is 1.45.